The Kier molecular flexibility index (Phi) is 5.49. The molecule has 0 aromatic heterocycles. The summed E-state index contributed by atoms with van der Waals surface area (Å²) in [6, 6.07) is 11.2. The van der Waals surface area contributed by atoms with Gasteiger partial charge in [-0.1, -0.05) is 55.8 Å². The number of alkyl halides is 3. The number of halogens is 6. The second-order valence-electron chi connectivity index (χ2n) is 6.44. The highest BCUT2D eigenvalue weighted by Crippen LogP contribution is 2.36. The molecule has 0 aliphatic carbocycles. The summed E-state index contributed by atoms with van der Waals surface area (Å²) in [5.41, 5.74) is -0.527. The number of fused-ring (bicyclic) bond motifs is 1. The van der Waals surface area contributed by atoms with Crippen molar-refractivity contribution in [1.29, 1.82) is 0 Å². The zero-order chi connectivity index (χ0) is 20.5. The minimum Gasteiger partial charge on any atom is -0.206 e. The van der Waals surface area contributed by atoms with Crippen molar-refractivity contribution in [2.75, 3.05) is 0 Å². The first-order chi connectivity index (χ1) is 13.2. The first-order valence-corrected chi connectivity index (χ1v) is 8.66. The first kappa shape index (κ1) is 20.0. The lowest BCUT2D eigenvalue weighted by Gasteiger charge is -2.11. The average molecular weight is 394 g/mol. The number of benzene rings is 3. The lowest BCUT2D eigenvalue weighted by molar-refractivity contribution is -0.139. The van der Waals surface area contributed by atoms with Crippen LogP contribution in [0.4, 0.5) is 26.3 Å². The van der Waals surface area contributed by atoms with E-state index in [-0.39, 0.29) is 21.9 Å². The van der Waals surface area contributed by atoms with Crippen molar-refractivity contribution < 1.29 is 26.3 Å². The zero-order valence-electron chi connectivity index (χ0n) is 14.9. The third-order valence-corrected chi connectivity index (χ3v) is 4.45. The molecule has 0 radical (unpaired) electrons. The molecule has 0 unspecified atom stereocenters. The summed E-state index contributed by atoms with van der Waals surface area (Å²) >= 11 is 0. The number of aryl methyl sites for hydroxylation is 1. The molecule has 0 saturated heterocycles. The molecule has 146 valence electrons. The van der Waals surface area contributed by atoms with Crippen LogP contribution < -0.4 is 0 Å². The van der Waals surface area contributed by atoms with Crippen LogP contribution in [0.1, 0.15) is 35.6 Å². The van der Waals surface area contributed by atoms with E-state index in [1.54, 1.807) is 12.1 Å². The van der Waals surface area contributed by atoms with Crippen LogP contribution in [-0.2, 0) is 12.6 Å². The maximum atomic E-state index is 14.6. The van der Waals surface area contributed by atoms with Gasteiger partial charge in [0.05, 0.1) is 5.56 Å². The molecule has 28 heavy (non-hydrogen) atoms. The topological polar surface area (TPSA) is 0 Å². The van der Waals surface area contributed by atoms with Gasteiger partial charge in [-0.3, -0.25) is 0 Å². The van der Waals surface area contributed by atoms with Gasteiger partial charge in [0.1, 0.15) is 5.82 Å². The zero-order valence-corrected chi connectivity index (χ0v) is 14.9. The summed E-state index contributed by atoms with van der Waals surface area (Å²) in [5.74, 6) is -3.69. The predicted molar refractivity (Wildman–Crippen MR) is 98.4 cm³/mol. The van der Waals surface area contributed by atoms with Gasteiger partial charge in [0.25, 0.3) is 0 Å². The molecule has 6 heteroatoms. The minimum absolute atomic E-state index is 0.0456. The van der Waals surface area contributed by atoms with Crippen molar-refractivity contribution in [2.24, 2.45) is 0 Å². The van der Waals surface area contributed by atoms with Crippen molar-refractivity contribution >= 4 is 22.4 Å². The van der Waals surface area contributed by atoms with E-state index in [9.17, 15) is 26.3 Å². The Morgan fingerprint density at radius 2 is 1.43 bits per heavy atom. The molecule has 0 nitrogen and oxygen atoms in total. The van der Waals surface area contributed by atoms with E-state index in [1.165, 1.54) is 12.1 Å². The fourth-order valence-electron chi connectivity index (χ4n) is 3.01. The van der Waals surface area contributed by atoms with E-state index in [0.29, 0.717) is 6.07 Å². The molecule has 0 bridgehead atoms. The number of rotatable bonds is 4. The van der Waals surface area contributed by atoms with E-state index < -0.39 is 29.2 Å². The quantitative estimate of drug-likeness (QED) is 0.314. The molecule has 0 N–H and O–H groups in total. The van der Waals surface area contributed by atoms with Crippen LogP contribution in [0.3, 0.4) is 0 Å². The number of hydrogen-bond donors (Lipinski definition) is 0. The maximum absolute atomic E-state index is 14.6. The molecule has 0 aliphatic rings. The SMILES string of the molecule is CCCc1ccc(/C(F)=C(\F)c2ccc3c(F)c(C(F)(F)F)ccc3c2)cc1. The van der Waals surface area contributed by atoms with Crippen LogP contribution >= 0.6 is 0 Å². The van der Waals surface area contributed by atoms with Gasteiger partial charge in [-0.15, -0.1) is 0 Å². The highest BCUT2D eigenvalue weighted by Gasteiger charge is 2.34. The van der Waals surface area contributed by atoms with Crippen molar-refractivity contribution in [3.8, 4) is 0 Å². The summed E-state index contributed by atoms with van der Waals surface area (Å²) in [6.45, 7) is 2.01. The van der Waals surface area contributed by atoms with Crippen LogP contribution in [0.25, 0.3) is 22.4 Å². The second kappa shape index (κ2) is 7.70. The van der Waals surface area contributed by atoms with Gasteiger partial charge < -0.3 is 0 Å². The van der Waals surface area contributed by atoms with Gasteiger partial charge in [-0.25, -0.2) is 13.2 Å². The van der Waals surface area contributed by atoms with Gasteiger partial charge >= 0.3 is 6.18 Å². The minimum atomic E-state index is -4.84. The Hall–Kier alpha value is -2.76. The summed E-state index contributed by atoms with van der Waals surface area (Å²) < 4.78 is 81.6. The van der Waals surface area contributed by atoms with E-state index >= 15 is 0 Å². The molecular formula is C22H16F6. The van der Waals surface area contributed by atoms with Crippen molar-refractivity contribution in [3.63, 3.8) is 0 Å². The molecule has 0 spiro atoms. The summed E-state index contributed by atoms with van der Waals surface area (Å²) in [5, 5.41) is -0.264. The highest BCUT2D eigenvalue weighted by molar-refractivity contribution is 5.90. The van der Waals surface area contributed by atoms with Crippen LogP contribution in [0, 0.1) is 5.82 Å². The molecule has 0 atom stereocenters. The molecule has 0 saturated carbocycles. The van der Waals surface area contributed by atoms with Gasteiger partial charge in [0.15, 0.2) is 11.7 Å². The molecule has 0 heterocycles. The van der Waals surface area contributed by atoms with Crippen LogP contribution in [0.5, 0.6) is 0 Å². The first-order valence-electron chi connectivity index (χ1n) is 8.66. The van der Waals surface area contributed by atoms with Crippen molar-refractivity contribution in [1.82, 2.24) is 0 Å². The molecular weight excluding hydrogens is 378 g/mol. The molecule has 3 aromatic carbocycles. The van der Waals surface area contributed by atoms with Gasteiger partial charge in [0, 0.05) is 16.5 Å². The van der Waals surface area contributed by atoms with E-state index in [0.717, 1.165) is 42.7 Å². The molecule has 0 amide bonds. The van der Waals surface area contributed by atoms with Crippen LogP contribution in [-0.4, -0.2) is 0 Å². The Morgan fingerprint density at radius 3 is 2.04 bits per heavy atom. The Labute approximate surface area is 158 Å². The predicted octanol–water partition coefficient (Wildman–Crippen LogP) is 7.72. The van der Waals surface area contributed by atoms with Gasteiger partial charge in [0.2, 0.25) is 0 Å². The fourth-order valence-corrected chi connectivity index (χ4v) is 3.01. The van der Waals surface area contributed by atoms with E-state index in [1.807, 2.05) is 6.92 Å². The van der Waals surface area contributed by atoms with Crippen LogP contribution in [0.2, 0.25) is 0 Å². The fraction of sp³-hybridized carbons (Fsp3) is 0.182. The molecule has 3 rings (SSSR count). The smallest absolute Gasteiger partial charge is 0.206 e. The van der Waals surface area contributed by atoms with Gasteiger partial charge in [-0.05, 0) is 29.5 Å². The monoisotopic (exact) mass is 394 g/mol. The summed E-state index contributed by atoms with van der Waals surface area (Å²) in [4.78, 5) is 0. The highest BCUT2D eigenvalue weighted by atomic mass is 19.4. The third kappa shape index (κ3) is 3.91. The van der Waals surface area contributed by atoms with Gasteiger partial charge in [-0.2, -0.15) is 13.2 Å². The summed E-state index contributed by atoms with van der Waals surface area (Å²) in [6.07, 6.45) is -3.09. The van der Waals surface area contributed by atoms with Crippen molar-refractivity contribution in [2.45, 2.75) is 25.9 Å². The largest absolute Gasteiger partial charge is 0.419 e. The van der Waals surface area contributed by atoms with E-state index in [2.05, 4.69) is 0 Å². The standard InChI is InChI=1S/C22H16F6/c1-2-3-13-4-6-14(7-5-13)19(23)20(24)16-8-10-17-15(12-16)9-11-18(21(17)25)22(26,27)28/h4-12H,2-3H2,1H3/b20-19+. The van der Waals surface area contributed by atoms with Crippen LogP contribution in [0.15, 0.2) is 54.6 Å². The maximum Gasteiger partial charge on any atom is 0.419 e. The Morgan fingerprint density at radius 1 is 0.821 bits per heavy atom. The molecule has 3 aromatic rings. The third-order valence-electron chi connectivity index (χ3n) is 4.45. The van der Waals surface area contributed by atoms with Crippen molar-refractivity contribution in [3.05, 3.63) is 82.7 Å². The Bertz CT molecular complexity index is 1030. The molecule has 0 aliphatic heterocycles. The normalized spacial score (nSPS) is 13.0. The average Bonchev–Trinajstić information content (AvgIpc) is 2.66. The van der Waals surface area contributed by atoms with E-state index in [4.69, 9.17) is 0 Å². The second-order valence-corrected chi connectivity index (χ2v) is 6.44. The summed E-state index contributed by atoms with van der Waals surface area (Å²) in [7, 11) is 0. The molecule has 0 fully saturated rings. The lowest BCUT2D eigenvalue weighted by atomic mass is 10.0. The Balaban J connectivity index is 2.01. The number of hydrogen-bond acceptors (Lipinski definition) is 0. The lowest BCUT2D eigenvalue weighted by Crippen LogP contribution is -2.08.